The fraction of sp³-hybridized carbons (Fsp3) is 0.235. The van der Waals surface area contributed by atoms with E-state index >= 15 is 0 Å². The Morgan fingerprint density at radius 3 is 2.52 bits per heavy atom. The van der Waals surface area contributed by atoms with Crippen LogP contribution in [0, 0.1) is 0 Å². The third-order valence-electron chi connectivity index (χ3n) is 3.94. The van der Waals surface area contributed by atoms with Gasteiger partial charge in [0, 0.05) is 30.3 Å². The lowest BCUT2D eigenvalue weighted by atomic mass is 10.1. The Morgan fingerprint density at radius 1 is 1.19 bits per heavy atom. The zero-order valence-corrected chi connectivity index (χ0v) is 12.8. The first-order chi connectivity index (χ1) is 10.2. The SMILES string of the molecule is CNc1cccc2c3cccc(Cl)c3n([C@H](C)CC=O)c12. The first kappa shape index (κ1) is 14.0. The molecule has 4 heteroatoms. The number of anilines is 1. The second-order valence-corrected chi connectivity index (χ2v) is 5.62. The third-order valence-corrected chi connectivity index (χ3v) is 4.25. The number of carbonyl (C=O) groups excluding carboxylic acids is 1. The highest BCUT2D eigenvalue weighted by Gasteiger charge is 2.18. The van der Waals surface area contributed by atoms with E-state index in [4.69, 9.17) is 11.6 Å². The quantitative estimate of drug-likeness (QED) is 0.712. The molecular formula is C17H17ClN2O. The van der Waals surface area contributed by atoms with Gasteiger partial charge >= 0.3 is 0 Å². The molecule has 0 saturated heterocycles. The highest BCUT2D eigenvalue weighted by atomic mass is 35.5. The first-order valence-corrected chi connectivity index (χ1v) is 7.39. The van der Waals surface area contributed by atoms with Crippen LogP contribution < -0.4 is 5.32 Å². The molecule has 3 nitrogen and oxygen atoms in total. The van der Waals surface area contributed by atoms with Crippen LogP contribution in [0.5, 0.6) is 0 Å². The van der Waals surface area contributed by atoms with Crippen molar-refractivity contribution in [3.63, 3.8) is 0 Å². The van der Waals surface area contributed by atoms with Gasteiger partial charge < -0.3 is 14.7 Å². The summed E-state index contributed by atoms with van der Waals surface area (Å²) in [6.45, 7) is 2.04. The van der Waals surface area contributed by atoms with E-state index in [9.17, 15) is 4.79 Å². The normalized spacial score (nSPS) is 12.7. The van der Waals surface area contributed by atoms with Crippen LogP contribution in [0.2, 0.25) is 5.02 Å². The summed E-state index contributed by atoms with van der Waals surface area (Å²) in [6, 6.07) is 12.2. The molecule has 1 aromatic heterocycles. The van der Waals surface area contributed by atoms with E-state index in [1.165, 1.54) is 0 Å². The summed E-state index contributed by atoms with van der Waals surface area (Å²) in [7, 11) is 1.91. The Labute approximate surface area is 128 Å². The molecule has 3 rings (SSSR count). The molecule has 0 amide bonds. The first-order valence-electron chi connectivity index (χ1n) is 7.01. The molecule has 1 heterocycles. The van der Waals surface area contributed by atoms with Crippen LogP contribution >= 0.6 is 11.6 Å². The van der Waals surface area contributed by atoms with Gasteiger partial charge in [0.2, 0.25) is 0 Å². The molecule has 21 heavy (non-hydrogen) atoms. The number of aromatic nitrogens is 1. The standard InChI is InChI=1S/C17H17ClN2O/c1-11(9-10-21)20-16-12(5-3-7-14(16)18)13-6-4-8-15(19-2)17(13)20/h3-8,10-11,19H,9H2,1-2H3/t11-/m1/s1. The zero-order valence-electron chi connectivity index (χ0n) is 12.1. The summed E-state index contributed by atoms with van der Waals surface area (Å²) in [4.78, 5) is 11.0. The maximum absolute atomic E-state index is 11.0. The molecule has 0 unspecified atom stereocenters. The average Bonchev–Trinajstić information content (AvgIpc) is 2.83. The third kappa shape index (κ3) is 2.09. The minimum atomic E-state index is 0.0527. The maximum atomic E-state index is 11.0. The van der Waals surface area contributed by atoms with Crippen molar-refractivity contribution in [1.82, 2.24) is 4.57 Å². The summed E-state index contributed by atoms with van der Waals surface area (Å²) in [5.74, 6) is 0. The number of fused-ring (bicyclic) bond motifs is 3. The van der Waals surface area contributed by atoms with Crippen molar-refractivity contribution in [3.8, 4) is 0 Å². The number of benzene rings is 2. The molecule has 0 aliphatic heterocycles. The molecule has 0 bridgehead atoms. The van der Waals surface area contributed by atoms with Gasteiger partial charge in [-0.2, -0.15) is 0 Å². The number of hydrogen-bond acceptors (Lipinski definition) is 2. The lowest BCUT2D eigenvalue weighted by Crippen LogP contribution is -2.07. The summed E-state index contributed by atoms with van der Waals surface area (Å²) in [6.07, 6.45) is 1.42. The maximum Gasteiger partial charge on any atom is 0.122 e. The molecule has 3 aromatic rings. The van der Waals surface area contributed by atoms with Crippen LogP contribution in [0.3, 0.4) is 0 Å². The van der Waals surface area contributed by atoms with Gasteiger partial charge in [0.15, 0.2) is 0 Å². The number of halogens is 1. The number of rotatable bonds is 4. The summed E-state index contributed by atoms with van der Waals surface area (Å²) in [5.41, 5.74) is 3.13. The van der Waals surface area contributed by atoms with Gasteiger partial charge in [-0.05, 0) is 19.1 Å². The number of nitrogens with one attached hydrogen (secondary N) is 1. The fourth-order valence-corrected chi connectivity index (χ4v) is 3.26. The minimum Gasteiger partial charge on any atom is -0.386 e. The number of para-hydroxylation sites is 2. The zero-order chi connectivity index (χ0) is 15.0. The second-order valence-electron chi connectivity index (χ2n) is 5.21. The Kier molecular flexibility index (Phi) is 3.60. The molecule has 1 atom stereocenters. The molecule has 0 spiro atoms. The molecular weight excluding hydrogens is 284 g/mol. The average molecular weight is 301 g/mol. The van der Waals surface area contributed by atoms with Gasteiger partial charge in [-0.15, -0.1) is 0 Å². The second kappa shape index (κ2) is 5.41. The van der Waals surface area contributed by atoms with Crippen molar-refractivity contribution in [2.75, 3.05) is 12.4 Å². The van der Waals surface area contributed by atoms with E-state index in [0.717, 1.165) is 33.8 Å². The van der Waals surface area contributed by atoms with Crippen molar-refractivity contribution >= 4 is 45.4 Å². The van der Waals surface area contributed by atoms with Gasteiger partial charge in [0.05, 0.1) is 21.7 Å². The largest absolute Gasteiger partial charge is 0.386 e. The minimum absolute atomic E-state index is 0.0527. The number of aldehydes is 1. The fourth-order valence-electron chi connectivity index (χ4n) is 3.00. The van der Waals surface area contributed by atoms with E-state index < -0.39 is 0 Å². The van der Waals surface area contributed by atoms with Crippen molar-refractivity contribution in [2.24, 2.45) is 0 Å². The predicted octanol–water partition coefficient (Wildman–Crippen LogP) is 4.64. The van der Waals surface area contributed by atoms with Crippen molar-refractivity contribution < 1.29 is 4.79 Å². The predicted molar refractivity (Wildman–Crippen MR) is 89.4 cm³/mol. The van der Waals surface area contributed by atoms with Crippen LogP contribution in [0.15, 0.2) is 36.4 Å². The number of hydrogen-bond donors (Lipinski definition) is 1. The van der Waals surface area contributed by atoms with Gasteiger partial charge in [-0.3, -0.25) is 0 Å². The van der Waals surface area contributed by atoms with Crippen molar-refractivity contribution in [2.45, 2.75) is 19.4 Å². The Bertz CT molecular complexity index is 822. The smallest absolute Gasteiger partial charge is 0.122 e. The van der Waals surface area contributed by atoms with Crippen molar-refractivity contribution in [3.05, 3.63) is 41.4 Å². The van der Waals surface area contributed by atoms with Crippen molar-refractivity contribution in [1.29, 1.82) is 0 Å². The molecule has 0 fully saturated rings. The van der Waals surface area contributed by atoms with E-state index in [1.54, 1.807) is 0 Å². The molecule has 0 radical (unpaired) electrons. The van der Waals surface area contributed by atoms with Crippen LogP contribution in [-0.4, -0.2) is 17.9 Å². The van der Waals surface area contributed by atoms with E-state index in [0.29, 0.717) is 11.4 Å². The molecule has 0 aliphatic carbocycles. The molecule has 1 N–H and O–H groups in total. The highest BCUT2D eigenvalue weighted by Crippen LogP contribution is 2.39. The lowest BCUT2D eigenvalue weighted by molar-refractivity contribution is -0.108. The van der Waals surface area contributed by atoms with Gasteiger partial charge in [-0.25, -0.2) is 0 Å². The Balaban J connectivity index is 2.51. The highest BCUT2D eigenvalue weighted by molar-refractivity contribution is 6.36. The van der Waals surface area contributed by atoms with Crippen LogP contribution in [0.4, 0.5) is 5.69 Å². The summed E-state index contributed by atoms with van der Waals surface area (Å²) >= 11 is 6.44. The number of nitrogens with zero attached hydrogens (tertiary/aromatic N) is 1. The summed E-state index contributed by atoms with van der Waals surface area (Å²) in [5, 5.41) is 6.22. The lowest BCUT2D eigenvalue weighted by Gasteiger charge is -2.16. The van der Waals surface area contributed by atoms with E-state index in [-0.39, 0.29) is 6.04 Å². The molecule has 0 saturated carbocycles. The Morgan fingerprint density at radius 2 is 1.86 bits per heavy atom. The summed E-state index contributed by atoms with van der Waals surface area (Å²) < 4.78 is 2.17. The monoisotopic (exact) mass is 300 g/mol. The van der Waals surface area contributed by atoms with Gasteiger partial charge in [0.25, 0.3) is 0 Å². The topological polar surface area (TPSA) is 34.0 Å². The molecule has 2 aromatic carbocycles. The number of carbonyl (C=O) groups is 1. The van der Waals surface area contributed by atoms with E-state index in [1.807, 2.05) is 38.2 Å². The Hall–Kier alpha value is -2.00. The van der Waals surface area contributed by atoms with Crippen LogP contribution in [0.1, 0.15) is 19.4 Å². The van der Waals surface area contributed by atoms with Gasteiger partial charge in [0.1, 0.15) is 6.29 Å². The van der Waals surface area contributed by atoms with Crippen LogP contribution in [0.25, 0.3) is 21.8 Å². The molecule has 108 valence electrons. The van der Waals surface area contributed by atoms with E-state index in [2.05, 4.69) is 22.0 Å². The van der Waals surface area contributed by atoms with Gasteiger partial charge in [-0.1, -0.05) is 35.9 Å². The molecule has 0 aliphatic rings. The van der Waals surface area contributed by atoms with Crippen LogP contribution in [-0.2, 0) is 4.79 Å².